The average Bonchev–Trinajstić information content (AvgIpc) is 3.29. The molecule has 1 aromatic heterocycles. The van der Waals surface area contributed by atoms with Gasteiger partial charge in [0.1, 0.15) is 17.3 Å². The lowest BCUT2D eigenvalue weighted by atomic mass is 10.1. The average molecular weight is 537 g/mol. The third-order valence-electron chi connectivity index (χ3n) is 5.39. The third kappa shape index (κ3) is 5.96. The Morgan fingerprint density at radius 3 is 2.68 bits per heavy atom. The summed E-state index contributed by atoms with van der Waals surface area (Å²) in [5, 5.41) is 21.2. The second-order valence-corrected chi connectivity index (χ2v) is 9.56. The van der Waals surface area contributed by atoms with Crippen molar-refractivity contribution in [2.75, 3.05) is 31.5 Å². The lowest BCUT2D eigenvalue weighted by Gasteiger charge is -2.15. The van der Waals surface area contributed by atoms with E-state index in [1.807, 2.05) is 6.07 Å². The number of ether oxygens (including phenoxy) is 2. The van der Waals surface area contributed by atoms with E-state index in [2.05, 4.69) is 20.2 Å². The van der Waals surface area contributed by atoms with Gasteiger partial charge in [-0.15, -0.1) is 5.10 Å². The Kier molecular flexibility index (Phi) is 7.86. The summed E-state index contributed by atoms with van der Waals surface area (Å²) in [6, 6.07) is 12.3. The van der Waals surface area contributed by atoms with E-state index in [1.54, 1.807) is 18.2 Å². The van der Waals surface area contributed by atoms with Crippen molar-refractivity contribution in [1.29, 1.82) is 0 Å². The normalized spacial score (nSPS) is 12.5. The minimum absolute atomic E-state index is 0.00912. The molecule has 1 atom stereocenters. The molecule has 0 fully saturated rings. The second kappa shape index (κ2) is 11.1. The van der Waals surface area contributed by atoms with Crippen molar-refractivity contribution in [3.8, 4) is 11.6 Å². The second-order valence-electron chi connectivity index (χ2n) is 7.91. The van der Waals surface area contributed by atoms with E-state index in [1.165, 1.54) is 25.3 Å². The van der Waals surface area contributed by atoms with Crippen LogP contribution in [0.1, 0.15) is 11.7 Å². The first-order chi connectivity index (χ1) is 17.7. The van der Waals surface area contributed by atoms with Gasteiger partial charge in [-0.05, 0) is 42.0 Å². The maximum atomic E-state index is 14.0. The Balaban J connectivity index is 1.30. The summed E-state index contributed by atoms with van der Waals surface area (Å²) in [6.07, 6.45) is -1.00. The lowest BCUT2D eigenvalue weighted by molar-refractivity contribution is 0.172. The minimum atomic E-state index is -4.55. The molecular weight excluding hydrogens is 513 g/mol. The molecular formula is C24H23F3N4O5S. The Morgan fingerprint density at radius 1 is 1.08 bits per heavy atom. The first-order valence-corrected chi connectivity index (χ1v) is 12.5. The van der Waals surface area contributed by atoms with E-state index in [9.17, 15) is 26.7 Å². The summed E-state index contributed by atoms with van der Waals surface area (Å²) < 4.78 is 78.5. The van der Waals surface area contributed by atoms with E-state index in [0.717, 1.165) is 10.9 Å². The number of hydrogen-bond acceptors (Lipinski definition) is 7. The molecule has 0 saturated heterocycles. The summed E-state index contributed by atoms with van der Waals surface area (Å²) >= 11 is 0. The molecule has 0 aliphatic heterocycles. The van der Waals surface area contributed by atoms with Crippen LogP contribution in [0.4, 0.5) is 18.9 Å². The lowest BCUT2D eigenvalue weighted by Crippen LogP contribution is -2.26. The summed E-state index contributed by atoms with van der Waals surface area (Å²) in [4.78, 5) is -1.04. The van der Waals surface area contributed by atoms with Gasteiger partial charge in [0, 0.05) is 24.8 Å². The molecule has 0 bridgehead atoms. The number of fused-ring (bicyclic) bond motifs is 1. The zero-order chi connectivity index (χ0) is 26.6. The van der Waals surface area contributed by atoms with Crippen molar-refractivity contribution in [2.24, 2.45) is 0 Å². The molecule has 0 spiro atoms. The van der Waals surface area contributed by atoms with Gasteiger partial charge in [0.25, 0.3) is 10.0 Å². The number of nitrogens with one attached hydrogen (secondary N) is 3. The number of rotatable bonds is 11. The fourth-order valence-corrected chi connectivity index (χ4v) is 4.67. The number of H-pyrrole nitrogens is 1. The van der Waals surface area contributed by atoms with Crippen LogP contribution in [0.25, 0.3) is 10.9 Å². The number of aromatic amines is 1. The van der Waals surface area contributed by atoms with Crippen molar-refractivity contribution in [1.82, 2.24) is 15.5 Å². The molecule has 1 heterocycles. The van der Waals surface area contributed by atoms with Gasteiger partial charge in [-0.2, -0.15) is 0 Å². The first kappa shape index (κ1) is 26.3. The number of aromatic nitrogens is 2. The van der Waals surface area contributed by atoms with Gasteiger partial charge in [-0.3, -0.25) is 9.82 Å². The molecule has 0 radical (unpaired) electrons. The number of aliphatic hydroxyl groups excluding tert-OH is 1. The summed E-state index contributed by atoms with van der Waals surface area (Å²) in [5.41, 5.74) is 1.15. The van der Waals surface area contributed by atoms with Crippen LogP contribution in [0.15, 0.2) is 59.5 Å². The van der Waals surface area contributed by atoms with Gasteiger partial charge in [0.15, 0.2) is 17.5 Å². The van der Waals surface area contributed by atoms with Crippen LogP contribution >= 0.6 is 0 Å². The molecule has 13 heteroatoms. The fourth-order valence-electron chi connectivity index (χ4n) is 3.55. The number of methoxy groups -OCH3 is 1. The van der Waals surface area contributed by atoms with E-state index in [-0.39, 0.29) is 12.2 Å². The Morgan fingerprint density at radius 2 is 1.89 bits per heavy atom. The maximum Gasteiger partial charge on any atom is 0.264 e. The Hall–Kier alpha value is -3.81. The summed E-state index contributed by atoms with van der Waals surface area (Å²) in [6.45, 7) is 0.848. The highest BCUT2D eigenvalue weighted by molar-refractivity contribution is 7.92. The molecule has 196 valence electrons. The molecule has 0 aliphatic carbocycles. The highest BCUT2D eigenvalue weighted by atomic mass is 32.2. The molecule has 3 aromatic carbocycles. The van der Waals surface area contributed by atoms with Crippen LogP contribution in [0.2, 0.25) is 0 Å². The molecule has 4 rings (SSSR count). The van der Waals surface area contributed by atoms with Crippen LogP contribution in [-0.4, -0.2) is 50.5 Å². The maximum absolute atomic E-state index is 14.0. The molecule has 4 N–H and O–H groups in total. The minimum Gasteiger partial charge on any atom is -0.492 e. The molecule has 4 aromatic rings. The highest BCUT2D eigenvalue weighted by Gasteiger charge is 2.24. The van der Waals surface area contributed by atoms with Crippen LogP contribution < -0.4 is 19.5 Å². The molecule has 0 unspecified atom stereocenters. The topological polar surface area (TPSA) is 126 Å². The number of nitrogens with zero attached hydrogens (tertiary/aromatic N) is 1. The van der Waals surface area contributed by atoms with Crippen molar-refractivity contribution in [2.45, 2.75) is 11.0 Å². The van der Waals surface area contributed by atoms with Crippen molar-refractivity contribution in [3.05, 3.63) is 77.6 Å². The Bertz CT molecular complexity index is 1510. The SMILES string of the molecule is COc1n[nH]c2cc(OCCNC[C@H](O)c3cccc(NS(=O)(=O)c4ccc(F)c(F)c4F)c3)ccc12. The van der Waals surface area contributed by atoms with Crippen LogP contribution in [0, 0.1) is 17.5 Å². The quantitative estimate of drug-likeness (QED) is 0.171. The van der Waals surface area contributed by atoms with Crippen molar-refractivity contribution >= 4 is 26.6 Å². The standard InChI is InChI=1S/C24H23F3N4O5S/c1-35-24-17-6-5-16(12-19(17)29-30-24)36-10-9-28-13-20(32)14-3-2-4-15(11-14)31-37(33,34)21-8-7-18(25)22(26)23(21)27/h2-8,11-12,20,28,31-32H,9-10,13H2,1H3,(H,29,30)/t20-/m0/s1. The molecule has 9 nitrogen and oxygen atoms in total. The van der Waals surface area contributed by atoms with Gasteiger partial charge < -0.3 is 19.9 Å². The Labute approximate surface area is 210 Å². The zero-order valence-corrected chi connectivity index (χ0v) is 20.3. The monoisotopic (exact) mass is 536 g/mol. The zero-order valence-electron chi connectivity index (χ0n) is 19.5. The van der Waals surface area contributed by atoms with Crippen molar-refractivity contribution < 1.29 is 36.2 Å². The number of hydrogen-bond donors (Lipinski definition) is 4. The number of aliphatic hydroxyl groups is 1. The third-order valence-corrected chi connectivity index (χ3v) is 6.79. The van der Waals surface area contributed by atoms with Gasteiger partial charge in [0.05, 0.1) is 24.1 Å². The molecule has 0 saturated carbocycles. The smallest absolute Gasteiger partial charge is 0.264 e. The van der Waals surface area contributed by atoms with Crippen LogP contribution in [0.3, 0.4) is 0 Å². The predicted molar refractivity (Wildman–Crippen MR) is 130 cm³/mol. The first-order valence-electron chi connectivity index (χ1n) is 11.0. The van der Waals surface area contributed by atoms with Gasteiger partial charge in [0.2, 0.25) is 5.88 Å². The number of anilines is 1. The van der Waals surface area contributed by atoms with E-state index in [0.29, 0.717) is 42.5 Å². The van der Waals surface area contributed by atoms with Crippen LogP contribution in [0.5, 0.6) is 11.6 Å². The molecule has 0 aliphatic rings. The number of sulfonamides is 1. The van der Waals surface area contributed by atoms with Gasteiger partial charge >= 0.3 is 0 Å². The summed E-state index contributed by atoms with van der Waals surface area (Å²) in [7, 11) is -3.02. The molecule has 0 amide bonds. The van der Waals surface area contributed by atoms with Crippen molar-refractivity contribution in [3.63, 3.8) is 0 Å². The van der Waals surface area contributed by atoms with Gasteiger partial charge in [-0.25, -0.2) is 21.6 Å². The fraction of sp³-hybridized carbons (Fsp3) is 0.208. The van der Waals surface area contributed by atoms with E-state index < -0.39 is 38.5 Å². The van der Waals surface area contributed by atoms with Crippen LogP contribution in [-0.2, 0) is 10.0 Å². The number of benzene rings is 3. The number of halogens is 3. The van der Waals surface area contributed by atoms with Gasteiger partial charge in [-0.1, -0.05) is 12.1 Å². The van der Waals surface area contributed by atoms with E-state index in [4.69, 9.17) is 9.47 Å². The van der Waals surface area contributed by atoms with E-state index >= 15 is 0 Å². The summed E-state index contributed by atoms with van der Waals surface area (Å²) in [5.74, 6) is -4.09. The molecule has 37 heavy (non-hydrogen) atoms. The largest absolute Gasteiger partial charge is 0.492 e. The predicted octanol–water partition coefficient (Wildman–Crippen LogP) is 3.49. The highest BCUT2D eigenvalue weighted by Crippen LogP contribution is 2.26.